The van der Waals surface area contributed by atoms with Crippen LogP contribution in [0.15, 0.2) is 18.2 Å². The highest BCUT2D eigenvalue weighted by Gasteiger charge is 2.30. The Morgan fingerprint density at radius 2 is 2.00 bits per heavy atom. The van der Waals surface area contributed by atoms with Gasteiger partial charge in [-0.15, -0.1) is 0 Å². The molecule has 1 heterocycles. The fraction of sp³-hybridized carbons (Fsp3) is 0.312. The Balaban J connectivity index is 1.85. The Kier molecular flexibility index (Phi) is 4.09. The number of H-pyrrole nitrogens is 1. The molecule has 1 aromatic heterocycles. The summed E-state index contributed by atoms with van der Waals surface area (Å²) in [6.07, 6.45) is 2.13. The summed E-state index contributed by atoms with van der Waals surface area (Å²) < 4.78 is 0. The van der Waals surface area contributed by atoms with Crippen LogP contribution in [-0.2, 0) is 4.79 Å². The molecule has 1 aromatic carbocycles. The summed E-state index contributed by atoms with van der Waals surface area (Å²) in [4.78, 5) is 23.7. The molecule has 0 saturated heterocycles. The standard InChI is InChI=1S/C16H17ClN4O2/c1-8-3-6-11(18-9(2)22)12(7-8)19-16(23)15-13(17)14(20-21-15)10-4-5-10/h3,6-7,10H,4-5H2,1-2H3,(H,18,22)(H,19,23)(H,20,21). The second-order valence-electron chi connectivity index (χ2n) is 5.76. The van der Waals surface area contributed by atoms with Crippen LogP contribution >= 0.6 is 11.6 Å². The van der Waals surface area contributed by atoms with Crippen LogP contribution in [0.5, 0.6) is 0 Å². The van der Waals surface area contributed by atoms with Gasteiger partial charge in [0.1, 0.15) is 0 Å². The van der Waals surface area contributed by atoms with Gasteiger partial charge in [0.25, 0.3) is 5.91 Å². The number of carbonyl (C=O) groups is 2. The zero-order chi connectivity index (χ0) is 16.6. The van der Waals surface area contributed by atoms with Gasteiger partial charge in [-0.1, -0.05) is 17.7 Å². The minimum atomic E-state index is -0.407. The molecule has 0 spiro atoms. The van der Waals surface area contributed by atoms with Crippen molar-refractivity contribution in [1.29, 1.82) is 0 Å². The first-order chi connectivity index (χ1) is 11.0. The van der Waals surface area contributed by atoms with E-state index in [1.54, 1.807) is 12.1 Å². The molecule has 1 aliphatic rings. The predicted octanol–water partition coefficient (Wildman–Crippen LogP) is 3.46. The Labute approximate surface area is 138 Å². The van der Waals surface area contributed by atoms with E-state index in [1.807, 2.05) is 13.0 Å². The van der Waals surface area contributed by atoms with E-state index in [0.717, 1.165) is 24.1 Å². The molecule has 2 amide bonds. The van der Waals surface area contributed by atoms with Gasteiger partial charge in [0.15, 0.2) is 5.69 Å². The summed E-state index contributed by atoms with van der Waals surface area (Å²) in [6.45, 7) is 3.32. The van der Waals surface area contributed by atoms with E-state index < -0.39 is 5.91 Å². The van der Waals surface area contributed by atoms with Gasteiger partial charge in [0, 0.05) is 12.8 Å². The number of benzene rings is 1. The van der Waals surface area contributed by atoms with Crippen molar-refractivity contribution in [2.75, 3.05) is 10.6 Å². The predicted molar refractivity (Wildman–Crippen MR) is 89.0 cm³/mol. The maximum Gasteiger partial charge on any atom is 0.277 e. The first-order valence-corrected chi connectivity index (χ1v) is 7.77. The van der Waals surface area contributed by atoms with Crippen molar-refractivity contribution >= 4 is 34.8 Å². The molecule has 120 valence electrons. The van der Waals surface area contributed by atoms with E-state index in [1.165, 1.54) is 6.92 Å². The van der Waals surface area contributed by atoms with Gasteiger partial charge >= 0.3 is 0 Å². The lowest BCUT2D eigenvalue weighted by Crippen LogP contribution is -2.16. The van der Waals surface area contributed by atoms with Crippen LogP contribution in [0.4, 0.5) is 11.4 Å². The first kappa shape index (κ1) is 15.6. The van der Waals surface area contributed by atoms with Crippen molar-refractivity contribution in [2.45, 2.75) is 32.6 Å². The van der Waals surface area contributed by atoms with Crippen molar-refractivity contribution in [3.8, 4) is 0 Å². The molecule has 0 atom stereocenters. The number of rotatable bonds is 4. The van der Waals surface area contributed by atoms with Crippen molar-refractivity contribution < 1.29 is 9.59 Å². The third-order valence-corrected chi connectivity index (χ3v) is 4.05. The van der Waals surface area contributed by atoms with Crippen molar-refractivity contribution in [1.82, 2.24) is 10.2 Å². The lowest BCUT2D eigenvalue weighted by molar-refractivity contribution is -0.114. The van der Waals surface area contributed by atoms with Gasteiger partial charge in [-0.3, -0.25) is 14.7 Å². The van der Waals surface area contributed by atoms with Gasteiger partial charge in [-0.25, -0.2) is 0 Å². The molecule has 3 N–H and O–H groups in total. The SMILES string of the molecule is CC(=O)Nc1ccc(C)cc1NC(=O)c1n[nH]c(C2CC2)c1Cl. The number of aryl methyl sites for hydroxylation is 1. The number of hydrogen-bond acceptors (Lipinski definition) is 3. The summed E-state index contributed by atoms with van der Waals surface area (Å²) in [5.41, 5.74) is 3.00. The topological polar surface area (TPSA) is 86.9 Å². The first-order valence-electron chi connectivity index (χ1n) is 7.39. The van der Waals surface area contributed by atoms with Crippen molar-refractivity contribution in [2.24, 2.45) is 0 Å². The van der Waals surface area contributed by atoms with Crippen LogP contribution in [-0.4, -0.2) is 22.0 Å². The molecule has 6 nitrogen and oxygen atoms in total. The van der Waals surface area contributed by atoms with Crippen molar-refractivity contribution in [3.05, 3.63) is 40.2 Å². The number of anilines is 2. The third-order valence-electron chi connectivity index (χ3n) is 3.67. The maximum atomic E-state index is 12.4. The Morgan fingerprint density at radius 1 is 1.26 bits per heavy atom. The van der Waals surface area contributed by atoms with E-state index in [-0.39, 0.29) is 11.6 Å². The average Bonchev–Trinajstić information content (AvgIpc) is 3.24. The molecule has 7 heteroatoms. The molecule has 3 rings (SSSR count). The van der Waals surface area contributed by atoms with Crippen LogP contribution in [0, 0.1) is 6.92 Å². The van der Waals surface area contributed by atoms with Crippen LogP contribution in [0.1, 0.15) is 47.4 Å². The molecular weight excluding hydrogens is 316 g/mol. The van der Waals surface area contributed by atoms with Crippen LogP contribution in [0.3, 0.4) is 0 Å². The van der Waals surface area contributed by atoms with Gasteiger partial charge in [0.05, 0.1) is 22.1 Å². The summed E-state index contributed by atoms with van der Waals surface area (Å²) in [5, 5.41) is 12.7. The van der Waals surface area contributed by atoms with E-state index in [0.29, 0.717) is 22.3 Å². The average molecular weight is 333 g/mol. The number of aromatic amines is 1. The highest BCUT2D eigenvalue weighted by Crippen LogP contribution is 2.42. The Bertz CT molecular complexity index is 780. The number of carbonyl (C=O) groups excluding carboxylic acids is 2. The summed E-state index contributed by atoms with van der Waals surface area (Å²) in [6, 6.07) is 5.38. The Morgan fingerprint density at radius 3 is 2.65 bits per heavy atom. The lowest BCUT2D eigenvalue weighted by Gasteiger charge is -2.11. The molecule has 1 fully saturated rings. The number of hydrogen-bond donors (Lipinski definition) is 3. The van der Waals surface area contributed by atoms with Crippen LogP contribution in [0.2, 0.25) is 5.02 Å². The number of halogens is 1. The molecule has 1 aliphatic carbocycles. The smallest absolute Gasteiger partial charge is 0.277 e. The lowest BCUT2D eigenvalue weighted by atomic mass is 10.2. The third kappa shape index (κ3) is 3.37. The summed E-state index contributed by atoms with van der Waals surface area (Å²) in [7, 11) is 0. The zero-order valence-electron chi connectivity index (χ0n) is 12.9. The minimum absolute atomic E-state index is 0.170. The number of nitrogens with zero attached hydrogens (tertiary/aromatic N) is 1. The van der Waals surface area contributed by atoms with Gasteiger partial charge in [-0.2, -0.15) is 5.10 Å². The number of amides is 2. The number of aromatic nitrogens is 2. The fourth-order valence-corrected chi connectivity index (χ4v) is 2.70. The summed E-state index contributed by atoms with van der Waals surface area (Å²) >= 11 is 6.25. The molecule has 2 aromatic rings. The molecule has 0 unspecified atom stereocenters. The second-order valence-corrected chi connectivity index (χ2v) is 6.14. The zero-order valence-corrected chi connectivity index (χ0v) is 13.6. The van der Waals surface area contributed by atoms with Gasteiger partial charge in [-0.05, 0) is 37.5 Å². The minimum Gasteiger partial charge on any atom is -0.325 e. The van der Waals surface area contributed by atoms with Crippen LogP contribution in [0.25, 0.3) is 0 Å². The largest absolute Gasteiger partial charge is 0.325 e. The molecular formula is C16H17ClN4O2. The summed E-state index contributed by atoms with van der Waals surface area (Å²) in [5.74, 6) is -0.237. The van der Waals surface area contributed by atoms with Gasteiger partial charge in [0.2, 0.25) is 5.91 Å². The van der Waals surface area contributed by atoms with E-state index >= 15 is 0 Å². The molecule has 1 saturated carbocycles. The molecule has 0 bridgehead atoms. The second kappa shape index (κ2) is 6.04. The quantitative estimate of drug-likeness (QED) is 0.801. The number of nitrogens with one attached hydrogen (secondary N) is 3. The monoisotopic (exact) mass is 332 g/mol. The molecule has 0 radical (unpaired) electrons. The van der Waals surface area contributed by atoms with Crippen molar-refractivity contribution in [3.63, 3.8) is 0 Å². The fourth-order valence-electron chi connectivity index (χ4n) is 2.38. The normalized spacial score (nSPS) is 13.7. The molecule has 23 heavy (non-hydrogen) atoms. The van der Waals surface area contributed by atoms with Gasteiger partial charge < -0.3 is 10.6 Å². The Hall–Kier alpha value is -2.34. The molecule has 0 aliphatic heterocycles. The highest BCUT2D eigenvalue weighted by atomic mass is 35.5. The van der Waals surface area contributed by atoms with Crippen LogP contribution < -0.4 is 10.6 Å². The highest BCUT2D eigenvalue weighted by molar-refractivity contribution is 6.34. The maximum absolute atomic E-state index is 12.4. The van der Waals surface area contributed by atoms with E-state index in [2.05, 4.69) is 20.8 Å². The van der Waals surface area contributed by atoms with E-state index in [4.69, 9.17) is 11.6 Å². The van der Waals surface area contributed by atoms with E-state index in [9.17, 15) is 9.59 Å².